The van der Waals surface area contributed by atoms with E-state index in [1.165, 1.54) is 5.56 Å². The lowest BCUT2D eigenvalue weighted by atomic mass is 10.0. The molecule has 4 aromatic carbocycles. The van der Waals surface area contributed by atoms with Crippen molar-refractivity contribution in [2.24, 2.45) is 0 Å². The SMILES string of the molecule is COc1cccc(CCc2ccc(OC)c(Oc3c(OC)cc(CCc4cc(OC)c5c(c4)OCO5)cc3OC)c2)c1. The molecule has 0 saturated heterocycles. The summed E-state index contributed by atoms with van der Waals surface area (Å²) in [5.74, 6) is 5.67. The summed E-state index contributed by atoms with van der Waals surface area (Å²) in [6.45, 7) is 0.195. The standard InChI is InChI=1S/C34H36O8/c1-35-26-8-6-7-22(15-26)9-10-23-13-14-27(36-2)28(16-23)42-34-30(38-4)18-24(19-31(34)39-5)11-12-25-17-29(37-3)33-32(20-25)40-21-41-33/h6-8,13-20H,9-12,21H2,1-5H3. The van der Waals surface area contributed by atoms with Crippen molar-refractivity contribution in [1.82, 2.24) is 0 Å². The molecule has 5 rings (SSSR count). The molecule has 0 aromatic heterocycles. The van der Waals surface area contributed by atoms with Crippen LogP contribution >= 0.6 is 0 Å². The van der Waals surface area contributed by atoms with Crippen LogP contribution in [0.2, 0.25) is 0 Å². The van der Waals surface area contributed by atoms with E-state index in [1.807, 2.05) is 48.5 Å². The van der Waals surface area contributed by atoms with Crippen molar-refractivity contribution in [3.63, 3.8) is 0 Å². The van der Waals surface area contributed by atoms with Gasteiger partial charge in [0.1, 0.15) is 5.75 Å². The molecule has 1 aliphatic heterocycles. The molecule has 0 unspecified atom stereocenters. The van der Waals surface area contributed by atoms with Gasteiger partial charge in [0.2, 0.25) is 18.3 Å². The molecule has 8 heteroatoms. The monoisotopic (exact) mass is 572 g/mol. The van der Waals surface area contributed by atoms with Gasteiger partial charge >= 0.3 is 0 Å². The fourth-order valence-corrected chi connectivity index (χ4v) is 4.98. The molecule has 42 heavy (non-hydrogen) atoms. The summed E-state index contributed by atoms with van der Waals surface area (Å²) in [4.78, 5) is 0. The molecule has 8 nitrogen and oxygen atoms in total. The average molecular weight is 573 g/mol. The Bertz CT molecular complexity index is 1510. The molecule has 0 bridgehead atoms. The summed E-state index contributed by atoms with van der Waals surface area (Å²) in [5.41, 5.74) is 4.42. The van der Waals surface area contributed by atoms with Crippen molar-refractivity contribution in [2.75, 3.05) is 42.3 Å². The quantitative estimate of drug-likeness (QED) is 0.173. The topological polar surface area (TPSA) is 73.8 Å². The van der Waals surface area contributed by atoms with E-state index in [0.29, 0.717) is 46.0 Å². The second kappa shape index (κ2) is 13.3. The molecular formula is C34H36O8. The van der Waals surface area contributed by atoms with Gasteiger partial charge in [0.15, 0.2) is 34.5 Å². The third-order valence-electron chi connectivity index (χ3n) is 7.22. The van der Waals surface area contributed by atoms with E-state index in [9.17, 15) is 0 Å². The molecule has 0 fully saturated rings. The molecular weight excluding hydrogens is 536 g/mol. The Hall–Kier alpha value is -4.72. The van der Waals surface area contributed by atoms with Gasteiger partial charge in [-0.05, 0) is 96.5 Å². The number of benzene rings is 4. The van der Waals surface area contributed by atoms with Crippen LogP contribution in [0.5, 0.6) is 51.7 Å². The van der Waals surface area contributed by atoms with Gasteiger partial charge in [-0.15, -0.1) is 0 Å². The van der Waals surface area contributed by atoms with Crippen molar-refractivity contribution in [3.05, 3.63) is 89.0 Å². The van der Waals surface area contributed by atoms with Crippen LogP contribution in [-0.4, -0.2) is 42.3 Å². The Morgan fingerprint density at radius 3 is 1.79 bits per heavy atom. The van der Waals surface area contributed by atoms with Crippen LogP contribution < -0.4 is 37.9 Å². The second-order valence-corrected chi connectivity index (χ2v) is 9.80. The summed E-state index contributed by atoms with van der Waals surface area (Å²) >= 11 is 0. The predicted octanol–water partition coefficient (Wildman–Crippen LogP) is 6.82. The molecule has 0 saturated carbocycles. The van der Waals surface area contributed by atoms with Crippen LogP contribution in [0.3, 0.4) is 0 Å². The summed E-state index contributed by atoms with van der Waals surface area (Å²) in [6.07, 6.45) is 3.17. The maximum absolute atomic E-state index is 6.43. The van der Waals surface area contributed by atoms with Crippen molar-refractivity contribution >= 4 is 0 Å². The van der Waals surface area contributed by atoms with Gasteiger partial charge in [-0.1, -0.05) is 18.2 Å². The van der Waals surface area contributed by atoms with Crippen molar-refractivity contribution < 1.29 is 37.9 Å². The lowest BCUT2D eigenvalue weighted by molar-refractivity contribution is 0.171. The number of methoxy groups -OCH3 is 5. The van der Waals surface area contributed by atoms with E-state index < -0.39 is 0 Å². The van der Waals surface area contributed by atoms with Gasteiger partial charge in [0.25, 0.3) is 0 Å². The van der Waals surface area contributed by atoms with Gasteiger partial charge in [-0.2, -0.15) is 0 Å². The van der Waals surface area contributed by atoms with E-state index in [1.54, 1.807) is 35.5 Å². The summed E-state index contributed by atoms with van der Waals surface area (Å²) in [7, 11) is 8.17. The van der Waals surface area contributed by atoms with Crippen molar-refractivity contribution in [3.8, 4) is 51.7 Å². The second-order valence-electron chi connectivity index (χ2n) is 9.80. The van der Waals surface area contributed by atoms with Gasteiger partial charge in [0.05, 0.1) is 35.5 Å². The number of ether oxygens (including phenoxy) is 8. The van der Waals surface area contributed by atoms with Crippen LogP contribution in [0, 0.1) is 0 Å². The minimum Gasteiger partial charge on any atom is -0.497 e. The zero-order chi connectivity index (χ0) is 29.5. The largest absolute Gasteiger partial charge is 0.497 e. The van der Waals surface area contributed by atoms with Gasteiger partial charge < -0.3 is 37.9 Å². The minimum atomic E-state index is 0.195. The first-order valence-corrected chi connectivity index (χ1v) is 13.7. The van der Waals surface area contributed by atoms with E-state index in [4.69, 9.17) is 37.9 Å². The number of hydrogen-bond acceptors (Lipinski definition) is 8. The molecule has 0 amide bonds. The normalized spacial score (nSPS) is 11.6. The Morgan fingerprint density at radius 2 is 1.12 bits per heavy atom. The lowest BCUT2D eigenvalue weighted by Crippen LogP contribution is -2.00. The van der Waals surface area contributed by atoms with Crippen molar-refractivity contribution in [2.45, 2.75) is 25.7 Å². The maximum Gasteiger partial charge on any atom is 0.231 e. The Balaban J connectivity index is 1.35. The molecule has 220 valence electrons. The fourth-order valence-electron chi connectivity index (χ4n) is 4.98. The van der Waals surface area contributed by atoms with E-state index in [-0.39, 0.29) is 6.79 Å². The summed E-state index contributed by atoms with van der Waals surface area (Å²) < 4.78 is 45.5. The summed E-state index contributed by atoms with van der Waals surface area (Å²) in [6, 6.07) is 22.0. The molecule has 4 aromatic rings. The van der Waals surface area contributed by atoms with Gasteiger partial charge in [-0.3, -0.25) is 0 Å². The first-order valence-electron chi connectivity index (χ1n) is 13.7. The van der Waals surface area contributed by atoms with Gasteiger partial charge in [0, 0.05) is 0 Å². The van der Waals surface area contributed by atoms with Crippen LogP contribution in [0.15, 0.2) is 66.7 Å². The van der Waals surface area contributed by atoms with Crippen LogP contribution in [-0.2, 0) is 25.7 Å². The highest BCUT2D eigenvalue weighted by Gasteiger charge is 2.21. The maximum atomic E-state index is 6.43. The minimum absolute atomic E-state index is 0.195. The number of rotatable bonds is 13. The molecule has 0 radical (unpaired) electrons. The zero-order valence-corrected chi connectivity index (χ0v) is 24.7. The highest BCUT2D eigenvalue weighted by atomic mass is 16.7. The Kier molecular flexibility index (Phi) is 9.12. The lowest BCUT2D eigenvalue weighted by Gasteiger charge is -2.18. The first kappa shape index (κ1) is 28.8. The first-order chi connectivity index (χ1) is 20.5. The molecule has 1 aliphatic rings. The summed E-state index contributed by atoms with van der Waals surface area (Å²) in [5, 5.41) is 0. The number of aryl methyl sites for hydroxylation is 4. The molecule has 0 spiro atoms. The third-order valence-corrected chi connectivity index (χ3v) is 7.22. The molecule has 1 heterocycles. The Morgan fingerprint density at radius 1 is 0.524 bits per heavy atom. The van der Waals surface area contributed by atoms with Crippen LogP contribution in [0.4, 0.5) is 0 Å². The third kappa shape index (κ3) is 6.43. The Labute approximate surface area is 246 Å². The average Bonchev–Trinajstić information content (AvgIpc) is 3.51. The zero-order valence-electron chi connectivity index (χ0n) is 24.7. The highest BCUT2D eigenvalue weighted by molar-refractivity contribution is 5.58. The number of fused-ring (bicyclic) bond motifs is 1. The predicted molar refractivity (Wildman–Crippen MR) is 160 cm³/mol. The van der Waals surface area contributed by atoms with E-state index in [2.05, 4.69) is 18.2 Å². The van der Waals surface area contributed by atoms with Gasteiger partial charge in [-0.25, -0.2) is 0 Å². The van der Waals surface area contributed by atoms with E-state index in [0.717, 1.165) is 48.1 Å². The number of hydrogen-bond donors (Lipinski definition) is 0. The molecule has 0 atom stereocenters. The van der Waals surface area contributed by atoms with Crippen LogP contribution in [0.1, 0.15) is 22.3 Å². The smallest absolute Gasteiger partial charge is 0.231 e. The fraction of sp³-hybridized carbons (Fsp3) is 0.294. The van der Waals surface area contributed by atoms with Crippen LogP contribution in [0.25, 0.3) is 0 Å². The van der Waals surface area contributed by atoms with E-state index >= 15 is 0 Å². The highest BCUT2D eigenvalue weighted by Crippen LogP contribution is 2.45. The molecule has 0 N–H and O–H groups in total. The molecule has 0 aliphatic carbocycles. The van der Waals surface area contributed by atoms with Crippen molar-refractivity contribution in [1.29, 1.82) is 0 Å².